The number of carbonyl (C=O) groups is 1. The van der Waals surface area contributed by atoms with Crippen LogP contribution in [-0.2, 0) is 9.53 Å². The fourth-order valence-electron chi connectivity index (χ4n) is 2.45. The normalized spacial score (nSPS) is 22.3. The number of rotatable bonds is 9. The SMILES string of the molecule is CCOC(=O)C(CSCC(C)C)(NC1CC1)C1CC1. The Bertz CT molecular complexity index is 313. The van der Waals surface area contributed by atoms with Gasteiger partial charge in [0.25, 0.3) is 0 Å². The molecule has 1 unspecified atom stereocenters. The van der Waals surface area contributed by atoms with E-state index >= 15 is 0 Å². The quantitative estimate of drug-likeness (QED) is 0.661. The van der Waals surface area contributed by atoms with Gasteiger partial charge in [-0.15, -0.1) is 0 Å². The van der Waals surface area contributed by atoms with Crippen molar-refractivity contribution in [3.63, 3.8) is 0 Å². The van der Waals surface area contributed by atoms with Crippen LogP contribution in [0.3, 0.4) is 0 Å². The molecular weight excluding hydrogens is 258 g/mol. The van der Waals surface area contributed by atoms with Crippen molar-refractivity contribution in [2.45, 2.75) is 58.0 Å². The molecular formula is C15H27NO2S. The molecule has 2 aliphatic rings. The Balaban J connectivity index is 2.01. The lowest BCUT2D eigenvalue weighted by molar-refractivity contribution is -0.151. The number of esters is 1. The Morgan fingerprint density at radius 1 is 1.37 bits per heavy atom. The second-order valence-electron chi connectivity index (χ2n) is 6.29. The smallest absolute Gasteiger partial charge is 0.327 e. The average molecular weight is 285 g/mol. The second-order valence-corrected chi connectivity index (χ2v) is 7.32. The standard InChI is InChI=1S/C15H27NO2S/c1-4-18-14(17)15(12-5-6-12,16-13-7-8-13)10-19-9-11(2)3/h11-13,16H,4-10H2,1-3H3. The molecule has 0 aliphatic heterocycles. The first-order valence-corrected chi connectivity index (χ1v) is 8.76. The van der Waals surface area contributed by atoms with Gasteiger partial charge in [0.1, 0.15) is 5.54 Å². The van der Waals surface area contributed by atoms with Gasteiger partial charge in [-0.2, -0.15) is 11.8 Å². The van der Waals surface area contributed by atoms with Crippen molar-refractivity contribution in [1.29, 1.82) is 0 Å². The zero-order valence-electron chi connectivity index (χ0n) is 12.4. The molecule has 0 bridgehead atoms. The highest BCUT2D eigenvalue weighted by atomic mass is 32.2. The Hall–Kier alpha value is -0.220. The van der Waals surface area contributed by atoms with E-state index < -0.39 is 5.54 Å². The molecule has 2 aliphatic carbocycles. The van der Waals surface area contributed by atoms with Crippen molar-refractivity contribution in [1.82, 2.24) is 5.32 Å². The first-order chi connectivity index (χ1) is 9.08. The molecule has 110 valence electrons. The molecule has 4 heteroatoms. The first-order valence-electron chi connectivity index (χ1n) is 7.61. The van der Waals surface area contributed by atoms with Crippen LogP contribution in [0.2, 0.25) is 0 Å². The first kappa shape index (κ1) is 15.2. The van der Waals surface area contributed by atoms with E-state index in [1.54, 1.807) is 0 Å². The highest BCUT2D eigenvalue weighted by Crippen LogP contribution is 2.44. The maximum atomic E-state index is 12.5. The number of hydrogen-bond acceptors (Lipinski definition) is 4. The Morgan fingerprint density at radius 3 is 2.53 bits per heavy atom. The van der Waals surface area contributed by atoms with Gasteiger partial charge in [-0.3, -0.25) is 10.1 Å². The molecule has 2 fully saturated rings. The monoisotopic (exact) mass is 285 g/mol. The minimum atomic E-state index is -0.406. The summed E-state index contributed by atoms with van der Waals surface area (Å²) in [5.41, 5.74) is -0.406. The van der Waals surface area contributed by atoms with E-state index in [9.17, 15) is 4.79 Å². The minimum absolute atomic E-state index is 0.0133. The summed E-state index contributed by atoms with van der Waals surface area (Å²) in [6.45, 7) is 6.83. The van der Waals surface area contributed by atoms with Gasteiger partial charge in [0.2, 0.25) is 0 Å². The van der Waals surface area contributed by atoms with Crippen LogP contribution < -0.4 is 5.32 Å². The molecule has 0 saturated heterocycles. The number of nitrogens with one attached hydrogen (secondary N) is 1. The van der Waals surface area contributed by atoms with Gasteiger partial charge in [0, 0.05) is 11.8 Å². The van der Waals surface area contributed by atoms with E-state index in [1.165, 1.54) is 25.7 Å². The fraction of sp³-hybridized carbons (Fsp3) is 0.933. The lowest BCUT2D eigenvalue weighted by Gasteiger charge is -2.33. The molecule has 0 aromatic carbocycles. The summed E-state index contributed by atoms with van der Waals surface area (Å²) < 4.78 is 5.38. The van der Waals surface area contributed by atoms with Crippen molar-refractivity contribution < 1.29 is 9.53 Å². The van der Waals surface area contributed by atoms with Crippen molar-refractivity contribution in [2.24, 2.45) is 11.8 Å². The van der Waals surface area contributed by atoms with Gasteiger partial charge in [-0.25, -0.2) is 0 Å². The third-order valence-electron chi connectivity index (χ3n) is 3.73. The highest BCUT2D eigenvalue weighted by Gasteiger charge is 2.53. The number of thioether (sulfide) groups is 1. The lowest BCUT2D eigenvalue weighted by Crippen LogP contribution is -2.58. The maximum absolute atomic E-state index is 12.5. The molecule has 1 N–H and O–H groups in total. The van der Waals surface area contributed by atoms with E-state index in [2.05, 4.69) is 19.2 Å². The van der Waals surface area contributed by atoms with Crippen molar-refractivity contribution in [2.75, 3.05) is 18.1 Å². The van der Waals surface area contributed by atoms with Crippen LogP contribution in [0.15, 0.2) is 0 Å². The van der Waals surface area contributed by atoms with Crippen LogP contribution in [0.4, 0.5) is 0 Å². The van der Waals surface area contributed by atoms with Crippen LogP contribution in [-0.4, -0.2) is 35.7 Å². The molecule has 2 rings (SSSR count). The Kier molecular flexibility index (Phi) is 5.18. The number of carbonyl (C=O) groups excluding carboxylic acids is 1. The van der Waals surface area contributed by atoms with E-state index in [-0.39, 0.29) is 5.97 Å². The molecule has 19 heavy (non-hydrogen) atoms. The van der Waals surface area contributed by atoms with Crippen LogP contribution in [0, 0.1) is 11.8 Å². The van der Waals surface area contributed by atoms with Gasteiger partial charge < -0.3 is 4.74 Å². The van der Waals surface area contributed by atoms with E-state index in [0.29, 0.717) is 24.5 Å². The third-order valence-corrected chi connectivity index (χ3v) is 5.30. The topological polar surface area (TPSA) is 38.3 Å². The predicted molar refractivity (Wildman–Crippen MR) is 80.4 cm³/mol. The molecule has 0 heterocycles. The third kappa shape index (κ3) is 4.12. The van der Waals surface area contributed by atoms with Gasteiger partial charge in [-0.05, 0) is 50.2 Å². The summed E-state index contributed by atoms with van der Waals surface area (Å²) in [6, 6.07) is 0.546. The van der Waals surface area contributed by atoms with Crippen molar-refractivity contribution in [3.05, 3.63) is 0 Å². The molecule has 0 aromatic heterocycles. The van der Waals surface area contributed by atoms with Crippen molar-refractivity contribution in [3.8, 4) is 0 Å². The van der Waals surface area contributed by atoms with Gasteiger partial charge >= 0.3 is 5.97 Å². The zero-order chi connectivity index (χ0) is 13.9. The van der Waals surface area contributed by atoms with Gasteiger partial charge in [-0.1, -0.05) is 13.8 Å². The summed E-state index contributed by atoms with van der Waals surface area (Å²) in [5.74, 6) is 3.13. The summed E-state index contributed by atoms with van der Waals surface area (Å²) in [4.78, 5) is 12.5. The summed E-state index contributed by atoms with van der Waals surface area (Å²) in [7, 11) is 0. The van der Waals surface area contributed by atoms with Gasteiger partial charge in [0.15, 0.2) is 0 Å². The summed E-state index contributed by atoms with van der Waals surface area (Å²) >= 11 is 1.90. The molecule has 0 radical (unpaired) electrons. The minimum Gasteiger partial charge on any atom is -0.465 e. The Morgan fingerprint density at radius 2 is 2.05 bits per heavy atom. The average Bonchev–Trinajstić information content (AvgIpc) is 3.21. The van der Waals surface area contributed by atoms with Crippen LogP contribution in [0.5, 0.6) is 0 Å². The maximum Gasteiger partial charge on any atom is 0.327 e. The summed E-state index contributed by atoms with van der Waals surface area (Å²) in [6.07, 6.45) is 4.76. The Labute approximate surface area is 121 Å². The van der Waals surface area contributed by atoms with Crippen LogP contribution >= 0.6 is 11.8 Å². The molecule has 2 saturated carbocycles. The number of hydrogen-bond donors (Lipinski definition) is 1. The zero-order valence-corrected chi connectivity index (χ0v) is 13.2. The molecule has 0 amide bonds. The molecule has 0 spiro atoms. The summed E-state index contributed by atoms with van der Waals surface area (Å²) in [5, 5.41) is 3.63. The van der Waals surface area contributed by atoms with Gasteiger partial charge in [0.05, 0.1) is 6.61 Å². The molecule has 1 atom stereocenters. The van der Waals surface area contributed by atoms with E-state index in [4.69, 9.17) is 4.74 Å². The lowest BCUT2D eigenvalue weighted by atomic mass is 9.95. The van der Waals surface area contributed by atoms with E-state index in [0.717, 1.165) is 11.5 Å². The van der Waals surface area contributed by atoms with Crippen LogP contribution in [0.25, 0.3) is 0 Å². The second kappa shape index (κ2) is 6.49. The molecule has 0 aromatic rings. The highest BCUT2D eigenvalue weighted by molar-refractivity contribution is 7.99. The largest absolute Gasteiger partial charge is 0.465 e. The van der Waals surface area contributed by atoms with Crippen LogP contribution in [0.1, 0.15) is 46.5 Å². The van der Waals surface area contributed by atoms with E-state index in [1.807, 2.05) is 18.7 Å². The van der Waals surface area contributed by atoms with Crippen molar-refractivity contribution >= 4 is 17.7 Å². The fourth-order valence-corrected chi connectivity index (χ4v) is 3.79. The number of ether oxygens (including phenoxy) is 1. The predicted octanol–water partition coefficient (Wildman–Crippen LogP) is 2.84. The molecule has 3 nitrogen and oxygen atoms in total.